The number of benzene rings is 1. The van der Waals surface area contributed by atoms with E-state index in [0.29, 0.717) is 5.92 Å². The molecule has 0 heterocycles. The number of halogens is 1. The maximum absolute atomic E-state index is 14.1. The highest BCUT2D eigenvalue weighted by atomic mass is 19.1. The van der Waals surface area contributed by atoms with Crippen molar-refractivity contribution in [2.24, 2.45) is 29.4 Å². The lowest BCUT2D eigenvalue weighted by atomic mass is 9.68. The van der Waals surface area contributed by atoms with E-state index in [4.69, 9.17) is 5.73 Å². The molecule has 4 rings (SSSR count). The van der Waals surface area contributed by atoms with Gasteiger partial charge in [-0.25, -0.2) is 4.39 Å². The maximum Gasteiger partial charge on any atom is 0.128 e. The van der Waals surface area contributed by atoms with Crippen molar-refractivity contribution in [1.29, 1.82) is 0 Å². The van der Waals surface area contributed by atoms with Gasteiger partial charge >= 0.3 is 0 Å². The standard InChI is InChI=1S/C16H20FN/c17-15-7-2-1-6-13(15)16(18)9-10-8-14(16)12-5-3-4-11(10)12/h1-2,6-7,10-12,14H,3-5,8-9,18H2. The van der Waals surface area contributed by atoms with Crippen molar-refractivity contribution in [3.8, 4) is 0 Å². The summed E-state index contributed by atoms with van der Waals surface area (Å²) >= 11 is 0. The van der Waals surface area contributed by atoms with Crippen molar-refractivity contribution in [2.45, 2.75) is 37.6 Å². The normalized spacial score (nSPS) is 45.4. The Morgan fingerprint density at radius 3 is 2.78 bits per heavy atom. The van der Waals surface area contributed by atoms with Crippen molar-refractivity contribution in [1.82, 2.24) is 0 Å². The minimum Gasteiger partial charge on any atom is -0.321 e. The van der Waals surface area contributed by atoms with Gasteiger partial charge in [-0.1, -0.05) is 24.6 Å². The molecular formula is C16H20FN. The highest BCUT2D eigenvalue weighted by molar-refractivity contribution is 5.31. The Morgan fingerprint density at radius 2 is 1.94 bits per heavy atom. The lowest BCUT2D eigenvalue weighted by molar-refractivity contribution is 0.153. The Labute approximate surface area is 108 Å². The zero-order valence-electron chi connectivity index (χ0n) is 10.6. The number of nitrogens with two attached hydrogens (primary N) is 1. The van der Waals surface area contributed by atoms with E-state index >= 15 is 0 Å². The summed E-state index contributed by atoms with van der Waals surface area (Å²) in [5.74, 6) is 2.84. The van der Waals surface area contributed by atoms with Crippen molar-refractivity contribution in [3.63, 3.8) is 0 Å². The highest BCUT2D eigenvalue weighted by Gasteiger charge is 2.60. The zero-order chi connectivity index (χ0) is 12.3. The molecule has 3 aliphatic carbocycles. The van der Waals surface area contributed by atoms with Crippen LogP contribution in [0.1, 0.15) is 37.7 Å². The maximum atomic E-state index is 14.1. The van der Waals surface area contributed by atoms with Gasteiger partial charge in [-0.3, -0.25) is 0 Å². The first-order valence-corrected chi connectivity index (χ1v) is 7.24. The van der Waals surface area contributed by atoms with Gasteiger partial charge in [0, 0.05) is 11.1 Å². The van der Waals surface area contributed by atoms with Gasteiger partial charge in [0.05, 0.1) is 0 Å². The molecule has 0 radical (unpaired) electrons. The third-order valence-electron chi connectivity index (χ3n) is 5.94. The smallest absolute Gasteiger partial charge is 0.128 e. The fraction of sp³-hybridized carbons (Fsp3) is 0.625. The summed E-state index contributed by atoms with van der Waals surface area (Å²) in [6, 6.07) is 7.14. The highest BCUT2D eigenvalue weighted by Crippen LogP contribution is 2.64. The van der Waals surface area contributed by atoms with E-state index in [1.54, 1.807) is 12.1 Å². The fourth-order valence-electron chi connectivity index (χ4n) is 5.34. The Bertz CT molecular complexity index is 486. The predicted octanol–water partition coefficient (Wildman–Crippen LogP) is 3.44. The van der Waals surface area contributed by atoms with Gasteiger partial charge in [-0.05, 0) is 55.4 Å². The minimum atomic E-state index is -0.387. The molecular weight excluding hydrogens is 225 g/mol. The molecule has 3 aliphatic rings. The molecule has 5 atom stereocenters. The van der Waals surface area contributed by atoms with E-state index in [2.05, 4.69) is 0 Å². The van der Waals surface area contributed by atoms with E-state index < -0.39 is 0 Å². The van der Waals surface area contributed by atoms with Crippen molar-refractivity contribution in [3.05, 3.63) is 35.6 Å². The first-order chi connectivity index (χ1) is 8.70. The van der Waals surface area contributed by atoms with E-state index in [1.807, 2.05) is 12.1 Å². The second kappa shape index (κ2) is 3.57. The SMILES string of the molecule is NC1(c2ccccc2F)CC2CC1C1CCCC21. The Balaban J connectivity index is 1.76. The number of hydrogen-bond donors (Lipinski definition) is 1. The monoisotopic (exact) mass is 245 g/mol. The Kier molecular flexibility index (Phi) is 2.18. The summed E-state index contributed by atoms with van der Waals surface area (Å²) < 4.78 is 14.1. The molecule has 1 nitrogen and oxygen atoms in total. The molecule has 2 N–H and O–H groups in total. The number of rotatable bonds is 1. The van der Waals surface area contributed by atoms with E-state index in [0.717, 1.165) is 29.7 Å². The van der Waals surface area contributed by atoms with Crippen LogP contribution in [0.5, 0.6) is 0 Å². The second-order valence-electron chi connectivity index (χ2n) is 6.59. The lowest BCUT2D eigenvalue weighted by Gasteiger charge is -2.40. The predicted molar refractivity (Wildman–Crippen MR) is 69.3 cm³/mol. The number of fused-ring (bicyclic) bond motifs is 5. The van der Waals surface area contributed by atoms with E-state index in [1.165, 1.54) is 25.7 Å². The molecule has 2 heteroatoms. The molecule has 0 spiro atoms. The summed E-state index contributed by atoms with van der Waals surface area (Å²) in [6.45, 7) is 0. The molecule has 0 aliphatic heterocycles. The largest absolute Gasteiger partial charge is 0.321 e. The van der Waals surface area contributed by atoms with E-state index in [-0.39, 0.29) is 11.4 Å². The van der Waals surface area contributed by atoms with Crippen LogP contribution < -0.4 is 5.73 Å². The quantitative estimate of drug-likeness (QED) is 0.806. The Hall–Kier alpha value is -0.890. The molecule has 1 aromatic rings. The van der Waals surface area contributed by atoms with Crippen LogP contribution in [-0.4, -0.2) is 0 Å². The van der Waals surface area contributed by atoms with Crippen LogP contribution in [0.25, 0.3) is 0 Å². The lowest BCUT2D eigenvalue weighted by Crippen LogP contribution is -2.47. The molecule has 3 fully saturated rings. The van der Waals surface area contributed by atoms with Crippen molar-refractivity contribution >= 4 is 0 Å². The van der Waals surface area contributed by atoms with Gasteiger partial charge in [0.1, 0.15) is 5.82 Å². The van der Waals surface area contributed by atoms with Crippen LogP contribution in [0.15, 0.2) is 24.3 Å². The van der Waals surface area contributed by atoms with Crippen LogP contribution >= 0.6 is 0 Å². The van der Waals surface area contributed by atoms with Gasteiger partial charge in [0.15, 0.2) is 0 Å². The van der Waals surface area contributed by atoms with Gasteiger partial charge in [-0.15, -0.1) is 0 Å². The van der Waals surface area contributed by atoms with Gasteiger partial charge in [0.2, 0.25) is 0 Å². The molecule has 96 valence electrons. The van der Waals surface area contributed by atoms with Crippen LogP contribution in [0.2, 0.25) is 0 Å². The first kappa shape index (κ1) is 11.0. The Morgan fingerprint density at radius 1 is 1.17 bits per heavy atom. The topological polar surface area (TPSA) is 26.0 Å². The summed E-state index contributed by atoms with van der Waals surface area (Å²) in [7, 11) is 0. The van der Waals surface area contributed by atoms with Crippen LogP contribution in [-0.2, 0) is 5.54 Å². The van der Waals surface area contributed by atoms with Crippen molar-refractivity contribution < 1.29 is 4.39 Å². The van der Waals surface area contributed by atoms with Crippen LogP contribution in [0.3, 0.4) is 0 Å². The van der Waals surface area contributed by atoms with Crippen molar-refractivity contribution in [2.75, 3.05) is 0 Å². The number of hydrogen-bond acceptors (Lipinski definition) is 1. The average molecular weight is 245 g/mol. The minimum absolute atomic E-state index is 0.109. The second-order valence-corrected chi connectivity index (χ2v) is 6.59. The molecule has 0 aromatic heterocycles. The molecule has 3 saturated carbocycles. The summed E-state index contributed by atoms with van der Waals surface area (Å²) in [6.07, 6.45) is 6.30. The molecule has 18 heavy (non-hydrogen) atoms. The van der Waals surface area contributed by atoms with E-state index in [9.17, 15) is 4.39 Å². The summed E-state index contributed by atoms with van der Waals surface area (Å²) in [5.41, 5.74) is 7.06. The van der Waals surface area contributed by atoms with Gasteiger partial charge in [0.25, 0.3) is 0 Å². The van der Waals surface area contributed by atoms with Crippen LogP contribution in [0, 0.1) is 29.5 Å². The summed E-state index contributed by atoms with van der Waals surface area (Å²) in [4.78, 5) is 0. The van der Waals surface area contributed by atoms with Gasteiger partial charge in [-0.2, -0.15) is 0 Å². The van der Waals surface area contributed by atoms with Crippen LogP contribution in [0.4, 0.5) is 4.39 Å². The zero-order valence-corrected chi connectivity index (χ0v) is 10.6. The summed E-state index contributed by atoms with van der Waals surface area (Å²) in [5, 5.41) is 0. The molecule has 0 saturated heterocycles. The fourth-order valence-corrected chi connectivity index (χ4v) is 5.34. The average Bonchev–Trinajstić information content (AvgIpc) is 2.99. The molecule has 0 amide bonds. The molecule has 1 aromatic carbocycles. The first-order valence-electron chi connectivity index (χ1n) is 7.24. The molecule has 2 bridgehead atoms. The third kappa shape index (κ3) is 1.25. The van der Waals surface area contributed by atoms with Gasteiger partial charge < -0.3 is 5.73 Å². The third-order valence-corrected chi connectivity index (χ3v) is 5.94. The molecule has 5 unspecified atom stereocenters.